The Hall–Kier alpha value is -0.450. The molecule has 18 heavy (non-hydrogen) atoms. The second kappa shape index (κ2) is 5.68. The van der Waals surface area contributed by atoms with Gasteiger partial charge in [0.1, 0.15) is 5.82 Å². The van der Waals surface area contributed by atoms with E-state index in [2.05, 4.69) is 35.1 Å². The summed E-state index contributed by atoms with van der Waals surface area (Å²) in [5.74, 6) is -0.203. The van der Waals surface area contributed by atoms with Crippen molar-refractivity contribution in [2.45, 2.75) is 38.3 Å². The minimum Gasteiger partial charge on any atom is -0.370 e. The Balaban J connectivity index is 2.12. The number of rotatable bonds is 3. The smallest absolute Gasteiger partial charge is 0.129 e. The molecule has 2 nitrogen and oxygen atoms in total. The van der Waals surface area contributed by atoms with Crippen molar-refractivity contribution in [3.8, 4) is 0 Å². The van der Waals surface area contributed by atoms with Gasteiger partial charge in [-0.1, -0.05) is 29.8 Å². The van der Waals surface area contributed by atoms with Gasteiger partial charge >= 0.3 is 0 Å². The van der Waals surface area contributed by atoms with Gasteiger partial charge < -0.3 is 10.1 Å². The van der Waals surface area contributed by atoms with Gasteiger partial charge in [0.2, 0.25) is 0 Å². The van der Waals surface area contributed by atoms with E-state index in [0.29, 0.717) is 18.7 Å². The lowest BCUT2D eigenvalue weighted by molar-refractivity contribution is -0.0389. The Morgan fingerprint density at radius 2 is 2.17 bits per heavy atom. The predicted octanol–water partition coefficient (Wildman–Crippen LogP) is 3.81. The molecule has 1 aromatic carbocycles. The van der Waals surface area contributed by atoms with Crippen LogP contribution in [0.3, 0.4) is 0 Å². The molecule has 0 radical (unpaired) electrons. The fourth-order valence-electron chi connectivity index (χ4n) is 2.34. The maximum Gasteiger partial charge on any atom is 0.129 e. The summed E-state index contributed by atoms with van der Waals surface area (Å²) < 4.78 is 20.5. The maximum atomic E-state index is 13.8. The van der Waals surface area contributed by atoms with Gasteiger partial charge in [0, 0.05) is 22.1 Å². The Bertz CT molecular complexity index is 410. The van der Waals surface area contributed by atoms with Gasteiger partial charge in [-0.15, -0.1) is 0 Å². The van der Waals surface area contributed by atoms with E-state index in [0.717, 1.165) is 17.3 Å². The third kappa shape index (κ3) is 2.76. The summed E-state index contributed by atoms with van der Waals surface area (Å²) in [6.45, 7) is 5.60. The van der Waals surface area contributed by atoms with E-state index in [9.17, 15) is 4.39 Å². The van der Waals surface area contributed by atoms with E-state index in [1.165, 1.54) is 6.07 Å². The third-order valence-corrected chi connectivity index (χ3v) is 4.37. The lowest BCUT2D eigenvalue weighted by atomic mass is 9.91. The minimum absolute atomic E-state index is 0.0546. The Morgan fingerprint density at radius 3 is 2.72 bits per heavy atom. The molecule has 1 unspecified atom stereocenters. The molecule has 1 N–H and O–H groups in total. The molecule has 1 saturated heterocycles. The normalized spacial score (nSPS) is 23.0. The van der Waals surface area contributed by atoms with Crippen LogP contribution in [0.1, 0.15) is 38.4 Å². The Labute approximate surface area is 116 Å². The van der Waals surface area contributed by atoms with Crippen molar-refractivity contribution in [2.24, 2.45) is 0 Å². The summed E-state index contributed by atoms with van der Waals surface area (Å²) in [6.07, 6.45) is 1.85. The van der Waals surface area contributed by atoms with Crippen molar-refractivity contribution in [2.75, 3.05) is 13.2 Å². The van der Waals surface area contributed by atoms with Gasteiger partial charge in [0.15, 0.2) is 0 Å². The van der Waals surface area contributed by atoms with Crippen LogP contribution in [0.15, 0.2) is 22.7 Å². The van der Waals surface area contributed by atoms with E-state index in [-0.39, 0.29) is 17.5 Å². The molecular weight excluding hydrogens is 297 g/mol. The first-order valence-electron chi connectivity index (χ1n) is 6.42. The van der Waals surface area contributed by atoms with Crippen LogP contribution in [0.5, 0.6) is 0 Å². The zero-order valence-electron chi connectivity index (χ0n) is 10.8. The number of benzene rings is 1. The van der Waals surface area contributed by atoms with E-state index < -0.39 is 0 Å². The van der Waals surface area contributed by atoms with Crippen LogP contribution in [0, 0.1) is 5.82 Å². The average molecular weight is 316 g/mol. The molecule has 1 aliphatic heterocycles. The van der Waals surface area contributed by atoms with Crippen LogP contribution in [-0.4, -0.2) is 18.7 Å². The van der Waals surface area contributed by atoms with Gasteiger partial charge in [0.25, 0.3) is 0 Å². The highest BCUT2D eigenvalue weighted by atomic mass is 79.9. The molecule has 0 bridgehead atoms. The number of nitrogens with one attached hydrogen (secondary N) is 1. The van der Waals surface area contributed by atoms with Gasteiger partial charge in [-0.2, -0.15) is 0 Å². The fourth-order valence-corrected chi connectivity index (χ4v) is 2.72. The molecule has 0 spiro atoms. The second-order valence-electron chi connectivity index (χ2n) is 4.83. The van der Waals surface area contributed by atoms with E-state index in [4.69, 9.17) is 4.74 Å². The summed E-state index contributed by atoms with van der Waals surface area (Å²) in [6, 6.07) is 4.98. The van der Waals surface area contributed by atoms with Crippen LogP contribution in [0.2, 0.25) is 0 Å². The van der Waals surface area contributed by atoms with E-state index >= 15 is 0 Å². The zero-order valence-corrected chi connectivity index (χ0v) is 12.4. The van der Waals surface area contributed by atoms with Gasteiger partial charge in [-0.25, -0.2) is 4.39 Å². The van der Waals surface area contributed by atoms with Crippen molar-refractivity contribution >= 4 is 15.9 Å². The highest BCUT2D eigenvalue weighted by Gasteiger charge is 2.33. The molecule has 0 aromatic heterocycles. The first-order chi connectivity index (χ1) is 8.60. The third-order valence-electron chi connectivity index (χ3n) is 3.88. The Kier molecular flexibility index (Phi) is 4.41. The molecule has 100 valence electrons. The van der Waals surface area contributed by atoms with Crippen molar-refractivity contribution in [1.29, 1.82) is 0 Å². The standard InChI is InChI=1S/C14H19BrFNO/c1-3-14(4-2)9-18-13(8-17-14)11-7-10(15)5-6-12(11)16/h5-7,13,17H,3-4,8-9H2,1-2H3. The molecule has 4 heteroatoms. The van der Waals surface area contributed by atoms with Crippen LogP contribution >= 0.6 is 15.9 Å². The summed E-state index contributed by atoms with van der Waals surface area (Å²) in [5, 5.41) is 3.52. The fraction of sp³-hybridized carbons (Fsp3) is 0.571. The Morgan fingerprint density at radius 1 is 1.44 bits per heavy atom. The molecule has 1 atom stereocenters. The van der Waals surface area contributed by atoms with E-state index in [1.54, 1.807) is 12.1 Å². The second-order valence-corrected chi connectivity index (χ2v) is 5.75. The van der Waals surface area contributed by atoms with Crippen LogP contribution in [-0.2, 0) is 4.74 Å². The molecule has 0 saturated carbocycles. The van der Waals surface area contributed by atoms with E-state index in [1.807, 2.05) is 0 Å². The molecule has 0 aliphatic carbocycles. The highest BCUT2D eigenvalue weighted by Crippen LogP contribution is 2.30. The first kappa shape index (κ1) is 14.0. The first-order valence-corrected chi connectivity index (χ1v) is 7.21. The number of ether oxygens (including phenoxy) is 1. The number of morpholine rings is 1. The van der Waals surface area contributed by atoms with Crippen LogP contribution in [0.25, 0.3) is 0 Å². The number of hydrogen-bond acceptors (Lipinski definition) is 2. The molecule has 1 heterocycles. The SMILES string of the molecule is CCC1(CC)COC(c2cc(Br)ccc2F)CN1. The number of halogens is 2. The molecule has 0 amide bonds. The largest absolute Gasteiger partial charge is 0.370 e. The molecular formula is C14H19BrFNO. The molecule has 2 rings (SSSR count). The molecule has 1 fully saturated rings. The van der Waals surface area contributed by atoms with Crippen molar-refractivity contribution in [3.05, 3.63) is 34.1 Å². The minimum atomic E-state index is -0.203. The maximum absolute atomic E-state index is 13.8. The van der Waals surface area contributed by atoms with Gasteiger partial charge in [0.05, 0.1) is 12.7 Å². The number of hydrogen-bond donors (Lipinski definition) is 1. The predicted molar refractivity (Wildman–Crippen MR) is 74.1 cm³/mol. The quantitative estimate of drug-likeness (QED) is 0.916. The highest BCUT2D eigenvalue weighted by molar-refractivity contribution is 9.10. The van der Waals surface area contributed by atoms with Crippen LogP contribution in [0.4, 0.5) is 4.39 Å². The summed E-state index contributed by atoms with van der Waals surface area (Å²) in [7, 11) is 0. The van der Waals surface area contributed by atoms with Gasteiger partial charge in [-0.05, 0) is 31.0 Å². The summed E-state index contributed by atoms with van der Waals surface area (Å²) in [5.41, 5.74) is 0.677. The average Bonchev–Trinajstić information content (AvgIpc) is 2.42. The van der Waals surface area contributed by atoms with Crippen molar-refractivity contribution in [3.63, 3.8) is 0 Å². The summed E-state index contributed by atoms with van der Waals surface area (Å²) >= 11 is 3.37. The lowest BCUT2D eigenvalue weighted by Gasteiger charge is -2.40. The molecule has 1 aromatic rings. The topological polar surface area (TPSA) is 21.3 Å². The van der Waals surface area contributed by atoms with Crippen molar-refractivity contribution in [1.82, 2.24) is 5.32 Å². The summed E-state index contributed by atoms with van der Waals surface area (Å²) in [4.78, 5) is 0. The van der Waals surface area contributed by atoms with Crippen LogP contribution < -0.4 is 5.32 Å². The molecule has 1 aliphatic rings. The van der Waals surface area contributed by atoms with Gasteiger partial charge in [-0.3, -0.25) is 0 Å². The van der Waals surface area contributed by atoms with Crippen molar-refractivity contribution < 1.29 is 9.13 Å². The lowest BCUT2D eigenvalue weighted by Crippen LogP contribution is -2.54. The monoisotopic (exact) mass is 315 g/mol. The zero-order chi connectivity index (χ0) is 13.2.